The fourth-order valence-electron chi connectivity index (χ4n) is 3.95. The van der Waals surface area contributed by atoms with Gasteiger partial charge in [-0.2, -0.15) is 5.26 Å². The number of methoxy groups -OCH3 is 1. The summed E-state index contributed by atoms with van der Waals surface area (Å²) in [5.41, 5.74) is 2.67. The minimum Gasteiger partial charge on any atom is -0.496 e. The van der Waals surface area contributed by atoms with Crippen LogP contribution in [0.3, 0.4) is 0 Å². The Bertz CT molecular complexity index is 1050. The van der Waals surface area contributed by atoms with E-state index in [4.69, 9.17) is 4.74 Å². The van der Waals surface area contributed by atoms with Crippen LogP contribution in [0.15, 0.2) is 53.7 Å². The lowest BCUT2D eigenvalue weighted by Gasteiger charge is -2.26. The van der Waals surface area contributed by atoms with Crippen LogP contribution >= 0.6 is 11.8 Å². The largest absolute Gasteiger partial charge is 0.496 e. The molecule has 6 nitrogen and oxygen atoms in total. The van der Waals surface area contributed by atoms with Crippen molar-refractivity contribution in [2.24, 2.45) is 0 Å². The van der Waals surface area contributed by atoms with E-state index in [1.165, 1.54) is 19.3 Å². The molecule has 0 unspecified atom stereocenters. The van der Waals surface area contributed by atoms with Crippen LogP contribution in [0.5, 0.6) is 5.75 Å². The zero-order valence-electron chi connectivity index (χ0n) is 17.8. The van der Waals surface area contributed by atoms with Crippen molar-refractivity contribution in [2.75, 3.05) is 26.7 Å². The molecule has 0 amide bonds. The monoisotopic (exact) mass is 433 g/mol. The normalized spacial score (nSPS) is 14.3. The molecule has 1 aromatic heterocycles. The molecule has 1 aliphatic rings. The van der Waals surface area contributed by atoms with E-state index in [0.29, 0.717) is 11.3 Å². The van der Waals surface area contributed by atoms with Crippen molar-refractivity contribution in [1.29, 1.82) is 5.26 Å². The van der Waals surface area contributed by atoms with E-state index in [1.54, 1.807) is 18.9 Å². The molecule has 0 radical (unpaired) electrons. The molecule has 4 rings (SSSR count). The van der Waals surface area contributed by atoms with Crippen molar-refractivity contribution < 1.29 is 4.74 Å². The van der Waals surface area contributed by atoms with Crippen LogP contribution in [0.4, 0.5) is 0 Å². The van der Waals surface area contributed by atoms with Crippen LogP contribution in [-0.2, 0) is 12.3 Å². The SMILES string of the molecule is COc1ccccc1-c1nnc(SCc2ccccc2C#N)n1CCN1CCCCC1. The summed E-state index contributed by atoms with van der Waals surface area (Å²) in [4.78, 5) is 2.52. The van der Waals surface area contributed by atoms with Gasteiger partial charge >= 0.3 is 0 Å². The second-order valence-corrected chi connectivity index (χ2v) is 8.56. The molecular weight excluding hydrogens is 406 g/mol. The highest BCUT2D eigenvalue weighted by atomic mass is 32.2. The molecule has 0 spiro atoms. The number of likely N-dealkylation sites (tertiary alicyclic amines) is 1. The molecule has 0 bridgehead atoms. The molecule has 7 heteroatoms. The molecule has 2 aromatic carbocycles. The van der Waals surface area contributed by atoms with Crippen molar-refractivity contribution in [2.45, 2.75) is 36.7 Å². The molecule has 0 saturated carbocycles. The van der Waals surface area contributed by atoms with E-state index in [-0.39, 0.29) is 0 Å². The molecule has 0 aliphatic carbocycles. The molecule has 160 valence electrons. The summed E-state index contributed by atoms with van der Waals surface area (Å²) < 4.78 is 7.78. The Hall–Kier alpha value is -2.82. The maximum absolute atomic E-state index is 9.40. The van der Waals surface area contributed by atoms with Gasteiger partial charge in [0.1, 0.15) is 5.75 Å². The minimum atomic E-state index is 0.678. The summed E-state index contributed by atoms with van der Waals surface area (Å²) in [5, 5.41) is 19.3. The number of para-hydroxylation sites is 1. The number of thioether (sulfide) groups is 1. The van der Waals surface area contributed by atoms with Gasteiger partial charge in [-0.1, -0.05) is 48.5 Å². The first-order chi connectivity index (χ1) is 15.3. The lowest BCUT2D eigenvalue weighted by atomic mass is 10.1. The topological polar surface area (TPSA) is 67.0 Å². The first kappa shape index (κ1) is 21.4. The highest BCUT2D eigenvalue weighted by Gasteiger charge is 2.19. The summed E-state index contributed by atoms with van der Waals surface area (Å²) in [7, 11) is 1.68. The van der Waals surface area contributed by atoms with E-state index in [1.807, 2.05) is 48.5 Å². The molecule has 31 heavy (non-hydrogen) atoms. The Morgan fingerprint density at radius 2 is 1.77 bits per heavy atom. The van der Waals surface area contributed by atoms with E-state index < -0.39 is 0 Å². The summed E-state index contributed by atoms with van der Waals surface area (Å²) in [6, 6.07) is 17.9. The molecule has 1 fully saturated rings. The average Bonchev–Trinajstić information content (AvgIpc) is 3.24. The predicted octanol–water partition coefficient (Wildman–Crippen LogP) is 4.60. The molecule has 1 aliphatic heterocycles. The third kappa shape index (κ3) is 5.09. The minimum absolute atomic E-state index is 0.678. The third-order valence-electron chi connectivity index (χ3n) is 5.65. The second kappa shape index (κ2) is 10.5. The molecule has 1 saturated heterocycles. The molecule has 0 N–H and O–H groups in total. The molecule has 2 heterocycles. The number of benzene rings is 2. The molecular formula is C24H27N5OS. The fourth-order valence-corrected chi connectivity index (χ4v) is 4.92. The Labute approximate surface area is 187 Å². The summed E-state index contributed by atoms with van der Waals surface area (Å²) in [6.45, 7) is 4.11. The van der Waals surface area contributed by atoms with Crippen LogP contribution in [0.25, 0.3) is 11.4 Å². The van der Waals surface area contributed by atoms with Crippen molar-refractivity contribution in [3.05, 3.63) is 59.7 Å². The smallest absolute Gasteiger partial charge is 0.191 e. The van der Waals surface area contributed by atoms with E-state index in [0.717, 1.165) is 54.0 Å². The number of rotatable bonds is 8. The van der Waals surface area contributed by atoms with Crippen molar-refractivity contribution in [3.8, 4) is 23.2 Å². The molecule has 0 atom stereocenters. The number of hydrogen-bond acceptors (Lipinski definition) is 6. The van der Waals surface area contributed by atoms with Gasteiger partial charge in [-0.25, -0.2) is 0 Å². The van der Waals surface area contributed by atoms with Crippen LogP contribution in [-0.4, -0.2) is 46.4 Å². The number of hydrogen-bond donors (Lipinski definition) is 0. The van der Waals surface area contributed by atoms with E-state index in [2.05, 4.69) is 25.7 Å². The fraction of sp³-hybridized carbons (Fsp3) is 0.375. The van der Waals surface area contributed by atoms with Gasteiger partial charge in [0, 0.05) is 18.8 Å². The van der Waals surface area contributed by atoms with Gasteiger partial charge in [0.25, 0.3) is 0 Å². The zero-order chi connectivity index (χ0) is 21.5. The first-order valence-electron chi connectivity index (χ1n) is 10.7. The standard InChI is InChI=1S/C24H27N5OS/c1-30-22-12-6-5-11-21(22)23-26-27-24(29(23)16-15-28-13-7-2-8-14-28)31-18-20-10-4-3-9-19(20)17-25/h3-6,9-12H,2,7-8,13-16,18H2,1H3. The van der Waals surface area contributed by atoms with Gasteiger partial charge in [0.2, 0.25) is 0 Å². The van der Waals surface area contributed by atoms with Gasteiger partial charge in [-0.05, 0) is 49.7 Å². The number of ether oxygens (including phenoxy) is 1. The quantitative estimate of drug-likeness (QED) is 0.484. The second-order valence-electron chi connectivity index (χ2n) is 7.62. The van der Waals surface area contributed by atoms with Crippen molar-refractivity contribution in [1.82, 2.24) is 19.7 Å². The van der Waals surface area contributed by atoms with Gasteiger partial charge < -0.3 is 14.2 Å². The van der Waals surface area contributed by atoms with Crippen LogP contribution < -0.4 is 4.74 Å². The Morgan fingerprint density at radius 1 is 1.00 bits per heavy atom. The van der Waals surface area contributed by atoms with Crippen molar-refractivity contribution >= 4 is 11.8 Å². The van der Waals surface area contributed by atoms with Gasteiger partial charge in [0.05, 0.1) is 24.3 Å². The zero-order valence-corrected chi connectivity index (χ0v) is 18.6. The van der Waals surface area contributed by atoms with Crippen LogP contribution in [0, 0.1) is 11.3 Å². The van der Waals surface area contributed by atoms with Gasteiger partial charge in [0.15, 0.2) is 11.0 Å². The summed E-state index contributed by atoms with van der Waals surface area (Å²) in [6.07, 6.45) is 3.87. The average molecular weight is 434 g/mol. The third-order valence-corrected chi connectivity index (χ3v) is 6.66. The van der Waals surface area contributed by atoms with E-state index >= 15 is 0 Å². The Balaban J connectivity index is 1.61. The summed E-state index contributed by atoms with van der Waals surface area (Å²) >= 11 is 1.62. The van der Waals surface area contributed by atoms with Crippen LogP contribution in [0.1, 0.15) is 30.4 Å². The number of aromatic nitrogens is 3. The number of piperidine rings is 1. The Kier molecular flexibility index (Phi) is 7.23. The highest BCUT2D eigenvalue weighted by molar-refractivity contribution is 7.98. The highest BCUT2D eigenvalue weighted by Crippen LogP contribution is 2.32. The lowest BCUT2D eigenvalue weighted by Crippen LogP contribution is -2.32. The van der Waals surface area contributed by atoms with Crippen molar-refractivity contribution in [3.63, 3.8) is 0 Å². The maximum atomic E-state index is 9.40. The van der Waals surface area contributed by atoms with Gasteiger partial charge in [-0.3, -0.25) is 0 Å². The molecule has 3 aromatic rings. The van der Waals surface area contributed by atoms with E-state index in [9.17, 15) is 5.26 Å². The predicted molar refractivity (Wildman–Crippen MR) is 123 cm³/mol. The summed E-state index contributed by atoms with van der Waals surface area (Å²) in [5.74, 6) is 2.29. The lowest BCUT2D eigenvalue weighted by molar-refractivity contribution is 0.219. The number of nitriles is 1. The van der Waals surface area contributed by atoms with Gasteiger partial charge in [-0.15, -0.1) is 10.2 Å². The first-order valence-corrected chi connectivity index (χ1v) is 11.7. The maximum Gasteiger partial charge on any atom is 0.191 e. The van der Waals surface area contributed by atoms with Crippen LogP contribution in [0.2, 0.25) is 0 Å². The number of nitrogens with zero attached hydrogens (tertiary/aromatic N) is 5. The Morgan fingerprint density at radius 3 is 2.58 bits per heavy atom.